The second-order valence-electron chi connectivity index (χ2n) is 4.25. The molecule has 1 aromatic heterocycles. The fourth-order valence-corrected chi connectivity index (χ4v) is 2.88. The summed E-state index contributed by atoms with van der Waals surface area (Å²) in [6.07, 6.45) is 2.82. The maximum Gasteiger partial charge on any atom is 0.0943 e. The van der Waals surface area contributed by atoms with Crippen LogP contribution >= 0.6 is 27.3 Å². The largest absolute Gasteiger partial charge is 0.310 e. The van der Waals surface area contributed by atoms with E-state index < -0.39 is 0 Å². The minimum atomic E-state index is 0.341. The van der Waals surface area contributed by atoms with Gasteiger partial charge in [0, 0.05) is 28.5 Å². The third-order valence-electron chi connectivity index (χ3n) is 2.90. The van der Waals surface area contributed by atoms with E-state index in [2.05, 4.69) is 58.3 Å². The molecule has 0 aliphatic carbocycles. The van der Waals surface area contributed by atoms with Crippen LogP contribution in [0.3, 0.4) is 0 Å². The molecule has 2 nitrogen and oxygen atoms in total. The van der Waals surface area contributed by atoms with Gasteiger partial charge in [0.2, 0.25) is 0 Å². The van der Waals surface area contributed by atoms with E-state index in [1.165, 1.54) is 16.1 Å². The number of likely N-dealkylation sites (N-methyl/N-ethyl adjacent to an activating group) is 1. The summed E-state index contributed by atoms with van der Waals surface area (Å²) in [7, 11) is 0. The van der Waals surface area contributed by atoms with Gasteiger partial charge in [0.25, 0.3) is 0 Å². The van der Waals surface area contributed by atoms with E-state index in [0.717, 1.165) is 17.4 Å². The first kappa shape index (κ1) is 13.7. The van der Waals surface area contributed by atoms with Gasteiger partial charge in [0.05, 0.1) is 5.01 Å². The van der Waals surface area contributed by atoms with Crippen molar-refractivity contribution in [3.05, 3.63) is 50.4 Å². The number of benzene rings is 1. The molecule has 0 amide bonds. The Kier molecular flexibility index (Phi) is 4.92. The summed E-state index contributed by atoms with van der Waals surface area (Å²) in [6.45, 7) is 5.23. The van der Waals surface area contributed by atoms with Crippen molar-refractivity contribution in [1.29, 1.82) is 0 Å². The molecular formula is C14H17BrN2S. The molecule has 96 valence electrons. The van der Waals surface area contributed by atoms with Crippen LogP contribution in [0.4, 0.5) is 0 Å². The van der Waals surface area contributed by atoms with Crippen molar-refractivity contribution in [1.82, 2.24) is 10.3 Å². The number of nitrogens with zero attached hydrogens (tertiary/aromatic N) is 1. The second-order valence-corrected chi connectivity index (χ2v) is 6.08. The number of nitrogens with one attached hydrogen (secondary N) is 1. The van der Waals surface area contributed by atoms with Gasteiger partial charge in [-0.15, -0.1) is 11.3 Å². The van der Waals surface area contributed by atoms with Gasteiger partial charge in [-0.25, -0.2) is 4.98 Å². The van der Waals surface area contributed by atoms with E-state index in [1.807, 2.05) is 11.6 Å². The molecule has 0 aliphatic rings. The van der Waals surface area contributed by atoms with E-state index in [-0.39, 0.29) is 0 Å². The Morgan fingerprint density at radius 3 is 2.89 bits per heavy atom. The lowest BCUT2D eigenvalue weighted by Gasteiger charge is -2.18. The molecule has 1 heterocycles. The smallest absolute Gasteiger partial charge is 0.0943 e. The molecule has 0 spiro atoms. The van der Waals surface area contributed by atoms with Crippen LogP contribution in [0, 0.1) is 6.92 Å². The molecule has 2 rings (SSSR count). The normalized spacial score (nSPS) is 12.6. The highest BCUT2D eigenvalue weighted by Crippen LogP contribution is 2.24. The standard InChI is InChI=1S/C14H17BrN2S/c1-3-16-13(9-14-17-6-7-18-14)11-4-5-12(15)10(2)8-11/h4-8,13,16H,3,9H2,1-2H3. The lowest BCUT2D eigenvalue weighted by Crippen LogP contribution is -2.23. The summed E-state index contributed by atoms with van der Waals surface area (Å²) >= 11 is 5.27. The molecule has 18 heavy (non-hydrogen) atoms. The third kappa shape index (κ3) is 3.40. The highest BCUT2D eigenvalue weighted by molar-refractivity contribution is 9.10. The highest BCUT2D eigenvalue weighted by atomic mass is 79.9. The first-order valence-corrected chi connectivity index (χ1v) is 7.75. The lowest BCUT2D eigenvalue weighted by atomic mass is 10.0. The number of halogens is 1. The molecule has 1 unspecified atom stereocenters. The first-order chi connectivity index (χ1) is 8.70. The average Bonchev–Trinajstić information content (AvgIpc) is 2.85. The number of aromatic nitrogens is 1. The number of aryl methyl sites for hydroxylation is 1. The van der Waals surface area contributed by atoms with Gasteiger partial charge in [0.1, 0.15) is 0 Å². The summed E-state index contributed by atoms with van der Waals surface area (Å²) < 4.78 is 1.16. The van der Waals surface area contributed by atoms with Crippen LogP contribution in [0.1, 0.15) is 29.1 Å². The molecule has 0 aliphatic heterocycles. The zero-order valence-corrected chi connectivity index (χ0v) is 13.0. The van der Waals surface area contributed by atoms with E-state index in [4.69, 9.17) is 0 Å². The molecule has 1 N–H and O–H groups in total. The number of rotatable bonds is 5. The Morgan fingerprint density at radius 2 is 2.28 bits per heavy atom. The number of hydrogen-bond donors (Lipinski definition) is 1. The Bertz CT molecular complexity index is 497. The fourth-order valence-electron chi connectivity index (χ4n) is 1.97. The third-order valence-corrected chi connectivity index (χ3v) is 4.59. The summed E-state index contributed by atoms with van der Waals surface area (Å²) in [6, 6.07) is 6.88. The molecule has 0 radical (unpaired) electrons. The van der Waals surface area contributed by atoms with Gasteiger partial charge in [-0.2, -0.15) is 0 Å². The van der Waals surface area contributed by atoms with Gasteiger partial charge in [-0.1, -0.05) is 35.0 Å². The highest BCUT2D eigenvalue weighted by Gasteiger charge is 2.13. The van der Waals surface area contributed by atoms with Crippen molar-refractivity contribution in [2.24, 2.45) is 0 Å². The van der Waals surface area contributed by atoms with Gasteiger partial charge in [-0.05, 0) is 30.7 Å². The summed E-state index contributed by atoms with van der Waals surface area (Å²) in [5.74, 6) is 0. The van der Waals surface area contributed by atoms with Crippen LogP contribution in [-0.2, 0) is 6.42 Å². The average molecular weight is 325 g/mol. The Balaban J connectivity index is 2.20. The molecule has 0 saturated heterocycles. The molecular weight excluding hydrogens is 308 g/mol. The number of thiazole rings is 1. The van der Waals surface area contributed by atoms with Crippen LogP contribution in [-0.4, -0.2) is 11.5 Å². The zero-order valence-electron chi connectivity index (χ0n) is 10.6. The van der Waals surface area contributed by atoms with Gasteiger partial charge in [0.15, 0.2) is 0 Å². The van der Waals surface area contributed by atoms with Crippen LogP contribution in [0.5, 0.6) is 0 Å². The van der Waals surface area contributed by atoms with E-state index in [1.54, 1.807) is 11.3 Å². The van der Waals surface area contributed by atoms with Crippen molar-refractivity contribution in [2.45, 2.75) is 26.3 Å². The monoisotopic (exact) mass is 324 g/mol. The predicted octanol–water partition coefficient (Wildman–Crippen LogP) is 4.11. The maximum atomic E-state index is 4.37. The molecule has 4 heteroatoms. The molecule has 1 atom stereocenters. The maximum absolute atomic E-state index is 4.37. The summed E-state index contributed by atoms with van der Waals surface area (Å²) in [5, 5.41) is 6.75. The molecule has 0 bridgehead atoms. The minimum absolute atomic E-state index is 0.341. The summed E-state index contributed by atoms with van der Waals surface area (Å²) in [5.41, 5.74) is 2.60. The topological polar surface area (TPSA) is 24.9 Å². The summed E-state index contributed by atoms with van der Waals surface area (Å²) in [4.78, 5) is 4.37. The van der Waals surface area contributed by atoms with Crippen LogP contribution < -0.4 is 5.32 Å². The molecule has 0 fully saturated rings. The molecule has 1 aromatic carbocycles. The van der Waals surface area contributed by atoms with Crippen molar-refractivity contribution in [3.8, 4) is 0 Å². The second kappa shape index (κ2) is 6.45. The quantitative estimate of drug-likeness (QED) is 0.895. The lowest BCUT2D eigenvalue weighted by molar-refractivity contribution is 0.548. The van der Waals surface area contributed by atoms with Crippen LogP contribution in [0.2, 0.25) is 0 Å². The number of hydrogen-bond acceptors (Lipinski definition) is 3. The fraction of sp³-hybridized carbons (Fsp3) is 0.357. The van der Waals surface area contributed by atoms with E-state index >= 15 is 0 Å². The Labute approximate surface area is 121 Å². The van der Waals surface area contributed by atoms with Gasteiger partial charge < -0.3 is 5.32 Å². The zero-order chi connectivity index (χ0) is 13.0. The van der Waals surface area contributed by atoms with Gasteiger partial charge >= 0.3 is 0 Å². The molecule has 2 aromatic rings. The van der Waals surface area contributed by atoms with E-state index in [9.17, 15) is 0 Å². The van der Waals surface area contributed by atoms with Gasteiger partial charge in [-0.3, -0.25) is 0 Å². The van der Waals surface area contributed by atoms with Crippen LogP contribution in [0.15, 0.2) is 34.2 Å². The predicted molar refractivity (Wildman–Crippen MR) is 81.1 cm³/mol. The van der Waals surface area contributed by atoms with E-state index in [0.29, 0.717) is 6.04 Å². The first-order valence-electron chi connectivity index (χ1n) is 6.08. The Morgan fingerprint density at radius 1 is 1.44 bits per heavy atom. The van der Waals surface area contributed by atoms with Crippen molar-refractivity contribution < 1.29 is 0 Å². The van der Waals surface area contributed by atoms with Crippen molar-refractivity contribution >= 4 is 27.3 Å². The van der Waals surface area contributed by atoms with Crippen molar-refractivity contribution in [3.63, 3.8) is 0 Å². The van der Waals surface area contributed by atoms with Crippen LogP contribution in [0.25, 0.3) is 0 Å². The Hall–Kier alpha value is -0.710. The SMILES string of the molecule is CCNC(Cc1nccs1)c1ccc(Br)c(C)c1. The van der Waals surface area contributed by atoms with Crippen molar-refractivity contribution in [2.75, 3.05) is 6.54 Å². The minimum Gasteiger partial charge on any atom is -0.310 e. The molecule has 0 saturated carbocycles.